The van der Waals surface area contributed by atoms with Gasteiger partial charge in [0.2, 0.25) is 0 Å². The van der Waals surface area contributed by atoms with Crippen molar-refractivity contribution in [3.05, 3.63) is 27.9 Å². The summed E-state index contributed by atoms with van der Waals surface area (Å²) >= 11 is 2.22. The van der Waals surface area contributed by atoms with Gasteiger partial charge in [0.15, 0.2) is 11.6 Å². The van der Waals surface area contributed by atoms with E-state index in [2.05, 4.69) is 49.9 Å². The molecule has 0 saturated heterocycles. The summed E-state index contributed by atoms with van der Waals surface area (Å²) in [5.74, 6) is 2.21. The van der Waals surface area contributed by atoms with Crippen molar-refractivity contribution < 1.29 is 4.74 Å². The average molecular weight is 387 g/mol. The van der Waals surface area contributed by atoms with Crippen molar-refractivity contribution in [2.45, 2.75) is 26.9 Å². The van der Waals surface area contributed by atoms with Crippen LogP contribution in [0, 0.1) is 3.57 Å². The molecule has 0 saturated carbocycles. The second-order valence-electron chi connectivity index (χ2n) is 4.19. The van der Waals surface area contributed by atoms with Gasteiger partial charge in [-0.25, -0.2) is 14.6 Å². The number of ether oxygens (including phenoxy) is 1. The fourth-order valence-electron chi connectivity index (χ4n) is 1.63. The molecular weight excluding hydrogens is 369 g/mol. The van der Waals surface area contributed by atoms with Crippen LogP contribution in [0.25, 0.3) is 5.82 Å². The van der Waals surface area contributed by atoms with E-state index in [1.165, 1.54) is 0 Å². The van der Waals surface area contributed by atoms with Crippen LogP contribution in [-0.4, -0.2) is 32.9 Å². The Bertz CT molecular complexity index is 531. The molecular formula is C13H18IN5O. The number of aromatic nitrogens is 4. The standard InChI is InChI=1S/C13H18IN5O/c1-3-5-15-11-6-13(19-8-10(14)7-16-19)18-12(17-11)9-20-4-2/h6-8H,3-5,9H2,1-2H3,(H,15,17,18). The largest absolute Gasteiger partial charge is 0.374 e. The van der Waals surface area contributed by atoms with Crippen LogP contribution in [0.3, 0.4) is 0 Å². The highest BCUT2D eigenvalue weighted by molar-refractivity contribution is 14.1. The molecule has 6 nitrogen and oxygen atoms in total. The minimum absolute atomic E-state index is 0.406. The maximum absolute atomic E-state index is 5.39. The summed E-state index contributed by atoms with van der Waals surface area (Å²) in [6.45, 7) is 6.00. The normalized spacial score (nSPS) is 10.8. The molecule has 0 aliphatic heterocycles. The summed E-state index contributed by atoms with van der Waals surface area (Å²) in [6, 6.07) is 1.90. The fourth-order valence-corrected chi connectivity index (χ4v) is 2.02. The molecule has 108 valence electrons. The second kappa shape index (κ2) is 7.53. The Kier molecular flexibility index (Phi) is 5.72. The second-order valence-corrected chi connectivity index (χ2v) is 5.44. The average Bonchev–Trinajstić information content (AvgIpc) is 2.89. The van der Waals surface area contributed by atoms with Crippen LogP contribution in [0.15, 0.2) is 18.5 Å². The fraction of sp³-hybridized carbons (Fsp3) is 0.462. The number of hydrogen-bond donors (Lipinski definition) is 1. The van der Waals surface area contributed by atoms with Crippen LogP contribution >= 0.6 is 22.6 Å². The molecule has 0 amide bonds. The minimum atomic E-state index is 0.406. The van der Waals surface area contributed by atoms with Crippen LogP contribution in [0.2, 0.25) is 0 Å². The number of rotatable bonds is 7. The molecule has 2 aromatic rings. The van der Waals surface area contributed by atoms with Crippen molar-refractivity contribution in [2.75, 3.05) is 18.5 Å². The molecule has 0 unspecified atom stereocenters. The van der Waals surface area contributed by atoms with Gasteiger partial charge in [-0.2, -0.15) is 5.10 Å². The maximum atomic E-state index is 5.39. The van der Waals surface area contributed by atoms with E-state index < -0.39 is 0 Å². The predicted octanol–water partition coefficient (Wildman–Crippen LogP) is 2.63. The van der Waals surface area contributed by atoms with Gasteiger partial charge in [0.1, 0.15) is 12.4 Å². The zero-order valence-corrected chi connectivity index (χ0v) is 13.8. The van der Waals surface area contributed by atoms with E-state index >= 15 is 0 Å². The third-order valence-electron chi connectivity index (χ3n) is 2.54. The van der Waals surface area contributed by atoms with Gasteiger partial charge in [0, 0.05) is 25.4 Å². The lowest BCUT2D eigenvalue weighted by Gasteiger charge is -2.09. The van der Waals surface area contributed by atoms with Crippen LogP contribution in [0.1, 0.15) is 26.1 Å². The van der Waals surface area contributed by atoms with E-state index in [4.69, 9.17) is 4.74 Å². The van der Waals surface area contributed by atoms with Gasteiger partial charge in [-0.15, -0.1) is 0 Å². The van der Waals surface area contributed by atoms with Gasteiger partial charge in [-0.1, -0.05) is 6.92 Å². The Labute approximate surface area is 132 Å². The molecule has 2 aromatic heterocycles. The molecule has 0 aliphatic rings. The van der Waals surface area contributed by atoms with Crippen molar-refractivity contribution in [3.8, 4) is 5.82 Å². The van der Waals surface area contributed by atoms with E-state index in [-0.39, 0.29) is 0 Å². The lowest BCUT2D eigenvalue weighted by Crippen LogP contribution is -2.10. The first-order chi connectivity index (χ1) is 9.72. The lowest BCUT2D eigenvalue weighted by atomic mass is 10.4. The molecule has 0 spiro atoms. The highest BCUT2D eigenvalue weighted by Gasteiger charge is 2.07. The molecule has 7 heteroatoms. The molecule has 0 atom stereocenters. The first-order valence-corrected chi connectivity index (χ1v) is 7.71. The molecule has 0 aliphatic carbocycles. The number of hydrogen-bond acceptors (Lipinski definition) is 5. The van der Waals surface area contributed by atoms with Crippen molar-refractivity contribution in [1.29, 1.82) is 0 Å². The monoisotopic (exact) mass is 387 g/mol. The zero-order valence-electron chi connectivity index (χ0n) is 11.6. The van der Waals surface area contributed by atoms with Crippen molar-refractivity contribution in [2.24, 2.45) is 0 Å². The minimum Gasteiger partial charge on any atom is -0.374 e. The SMILES string of the molecule is CCCNc1cc(-n2cc(I)cn2)nc(COCC)n1. The summed E-state index contributed by atoms with van der Waals surface area (Å²) in [5, 5.41) is 7.56. The summed E-state index contributed by atoms with van der Waals surface area (Å²) in [6.07, 6.45) is 4.76. The van der Waals surface area contributed by atoms with Crippen molar-refractivity contribution in [1.82, 2.24) is 19.7 Å². The van der Waals surface area contributed by atoms with E-state index in [1.807, 2.05) is 19.2 Å². The summed E-state index contributed by atoms with van der Waals surface area (Å²) in [5.41, 5.74) is 0. The smallest absolute Gasteiger partial charge is 0.159 e. The van der Waals surface area contributed by atoms with Crippen LogP contribution < -0.4 is 5.32 Å². The van der Waals surface area contributed by atoms with Crippen molar-refractivity contribution >= 4 is 28.4 Å². The van der Waals surface area contributed by atoms with Gasteiger partial charge in [0.05, 0.1) is 9.77 Å². The lowest BCUT2D eigenvalue weighted by molar-refractivity contribution is 0.128. The first kappa shape index (κ1) is 15.2. The van der Waals surface area contributed by atoms with E-state index in [0.29, 0.717) is 19.0 Å². The summed E-state index contributed by atoms with van der Waals surface area (Å²) in [4.78, 5) is 8.93. The quantitative estimate of drug-likeness (QED) is 0.740. The van der Waals surface area contributed by atoms with E-state index in [9.17, 15) is 0 Å². The Morgan fingerprint density at radius 3 is 2.85 bits per heavy atom. The maximum Gasteiger partial charge on any atom is 0.159 e. The molecule has 0 aromatic carbocycles. The molecule has 1 N–H and O–H groups in total. The highest BCUT2D eigenvalue weighted by Crippen LogP contribution is 2.13. The van der Waals surface area contributed by atoms with Crippen molar-refractivity contribution in [3.63, 3.8) is 0 Å². The molecule has 2 rings (SSSR count). The van der Waals surface area contributed by atoms with Crippen LogP contribution in [-0.2, 0) is 11.3 Å². The molecule has 0 bridgehead atoms. The highest BCUT2D eigenvalue weighted by atomic mass is 127. The van der Waals surface area contributed by atoms with E-state index in [1.54, 1.807) is 10.9 Å². The number of nitrogens with one attached hydrogen (secondary N) is 1. The molecule has 20 heavy (non-hydrogen) atoms. The molecule has 2 heterocycles. The van der Waals surface area contributed by atoms with Crippen LogP contribution in [0.5, 0.6) is 0 Å². The number of nitrogens with zero attached hydrogens (tertiary/aromatic N) is 4. The van der Waals surface area contributed by atoms with E-state index in [0.717, 1.165) is 28.2 Å². The number of anilines is 1. The topological polar surface area (TPSA) is 64.9 Å². The predicted molar refractivity (Wildman–Crippen MR) is 86.0 cm³/mol. The molecule has 0 radical (unpaired) electrons. The Balaban J connectivity index is 2.29. The summed E-state index contributed by atoms with van der Waals surface area (Å²) in [7, 11) is 0. The van der Waals surface area contributed by atoms with Crippen LogP contribution in [0.4, 0.5) is 5.82 Å². The Morgan fingerprint density at radius 1 is 1.35 bits per heavy atom. The number of halogens is 1. The Hall–Kier alpha value is -1.22. The third-order valence-corrected chi connectivity index (χ3v) is 3.09. The van der Waals surface area contributed by atoms with Gasteiger partial charge < -0.3 is 10.1 Å². The third kappa shape index (κ3) is 4.14. The Morgan fingerprint density at radius 2 is 2.20 bits per heavy atom. The van der Waals surface area contributed by atoms with Gasteiger partial charge in [-0.05, 0) is 35.9 Å². The molecule has 0 fully saturated rings. The van der Waals surface area contributed by atoms with Gasteiger partial charge in [0.25, 0.3) is 0 Å². The van der Waals surface area contributed by atoms with Gasteiger partial charge in [-0.3, -0.25) is 0 Å². The summed E-state index contributed by atoms with van der Waals surface area (Å²) < 4.78 is 8.20. The van der Waals surface area contributed by atoms with Gasteiger partial charge >= 0.3 is 0 Å². The zero-order chi connectivity index (χ0) is 14.4. The first-order valence-electron chi connectivity index (χ1n) is 6.63.